The average Bonchev–Trinajstić information content (AvgIpc) is 3.09. The highest BCUT2D eigenvalue weighted by Crippen LogP contribution is 2.34. The molecular formula is C21H30N4O3S. The van der Waals surface area contributed by atoms with Crippen molar-refractivity contribution in [2.24, 2.45) is 5.92 Å². The predicted molar refractivity (Wildman–Crippen MR) is 113 cm³/mol. The van der Waals surface area contributed by atoms with E-state index in [0.29, 0.717) is 25.9 Å². The molecule has 2 aromatic rings. The highest BCUT2D eigenvalue weighted by Gasteiger charge is 2.36. The second-order valence-corrected chi connectivity index (χ2v) is 10.5. The lowest BCUT2D eigenvalue weighted by Gasteiger charge is -2.38. The monoisotopic (exact) mass is 418 g/mol. The number of piperidine rings is 2. The molecule has 1 atom stereocenters. The molecule has 0 radical (unpaired) electrons. The number of aromatic nitrogens is 2. The molecule has 7 nitrogen and oxygen atoms in total. The van der Waals surface area contributed by atoms with E-state index in [1.807, 2.05) is 4.90 Å². The first-order valence-electron chi connectivity index (χ1n) is 10.5. The van der Waals surface area contributed by atoms with E-state index in [-0.39, 0.29) is 17.9 Å². The van der Waals surface area contributed by atoms with Gasteiger partial charge >= 0.3 is 0 Å². The fourth-order valence-electron chi connectivity index (χ4n) is 4.60. The molecule has 0 spiro atoms. The lowest BCUT2D eigenvalue weighted by molar-refractivity contribution is -0.141. The van der Waals surface area contributed by atoms with Gasteiger partial charge in [-0.05, 0) is 69.2 Å². The van der Waals surface area contributed by atoms with E-state index < -0.39 is 10.0 Å². The third kappa shape index (κ3) is 4.05. The van der Waals surface area contributed by atoms with E-state index in [0.717, 1.165) is 42.7 Å². The number of likely N-dealkylation sites (tertiary alicyclic amines) is 1. The van der Waals surface area contributed by atoms with Crippen molar-refractivity contribution in [3.8, 4) is 0 Å². The van der Waals surface area contributed by atoms with Crippen LogP contribution in [0.4, 0.5) is 0 Å². The summed E-state index contributed by atoms with van der Waals surface area (Å²) in [7, 11) is -3.18. The van der Waals surface area contributed by atoms with Crippen LogP contribution in [0.2, 0.25) is 0 Å². The molecule has 158 valence electrons. The normalized spacial score (nSPS) is 22.3. The Labute approximate surface area is 172 Å². The molecule has 3 heterocycles. The summed E-state index contributed by atoms with van der Waals surface area (Å²) in [4.78, 5) is 23.6. The number of nitrogens with zero attached hydrogens (tertiary/aromatic N) is 3. The SMILES string of the molecule is Cc1cc2nc([C@@H]3CCCCN3C(=O)C3CCN(S(C)(=O)=O)CC3)[nH]c2cc1C. The van der Waals surface area contributed by atoms with Crippen LogP contribution >= 0.6 is 0 Å². The zero-order chi connectivity index (χ0) is 20.8. The number of carbonyl (C=O) groups is 1. The van der Waals surface area contributed by atoms with Crippen LogP contribution in [0.25, 0.3) is 11.0 Å². The second-order valence-electron chi connectivity index (χ2n) is 8.56. The van der Waals surface area contributed by atoms with Crippen molar-refractivity contribution < 1.29 is 13.2 Å². The number of carbonyl (C=O) groups excluding carboxylic acids is 1. The maximum atomic E-state index is 13.3. The van der Waals surface area contributed by atoms with Crippen LogP contribution < -0.4 is 0 Å². The third-order valence-electron chi connectivity index (χ3n) is 6.49. The Balaban J connectivity index is 1.54. The van der Waals surface area contributed by atoms with Gasteiger partial charge in [0.05, 0.1) is 23.3 Å². The summed E-state index contributed by atoms with van der Waals surface area (Å²) in [6.07, 6.45) is 5.41. The van der Waals surface area contributed by atoms with Crippen molar-refractivity contribution >= 4 is 27.0 Å². The number of H-pyrrole nitrogens is 1. The molecule has 2 aliphatic heterocycles. The van der Waals surface area contributed by atoms with Gasteiger partial charge in [0.15, 0.2) is 0 Å². The van der Waals surface area contributed by atoms with Crippen LogP contribution in [0.1, 0.15) is 55.1 Å². The Kier molecular flexibility index (Phi) is 5.42. The minimum absolute atomic E-state index is 0.0304. The van der Waals surface area contributed by atoms with Crippen molar-refractivity contribution in [1.29, 1.82) is 0 Å². The molecule has 2 fully saturated rings. The van der Waals surface area contributed by atoms with Crippen molar-refractivity contribution in [3.05, 3.63) is 29.1 Å². The maximum absolute atomic E-state index is 13.3. The average molecular weight is 419 g/mol. The van der Waals surface area contributed by atoms with Crippen LogP contribution in [0.15, 0.2) is 12.1 Å². The number of nitrogens with one attached hydrogen (secondary N) is 1. The summed E-state index contributed by atoms with van der Waals surface area (Å²) in [6, 6.07) is 4.19. The van der Waals surface area contributed by atoms with Gasteiger partial charge in [-0.2, -0.15) is 0 Å². The minimum atomic E-state index is -3.18. The van der Waals surface area contributed by atoms with Gasteiger partial charge in [-0.15, -0.1) is 0 Å². The van der Waals surface area contributed by atoms with Gasteiger partial charge < -0.3 is 9.88 Å². The zero-order valence-corrected chi connectivity index (χ0v) is 18.3. The van der Waals surface area contributed by atoms with Gasteiger partial charge in [0, 0.05) is 25.6 Å². The van der Waals surface area contributed by atoms with Gasteiger partial charge in [-0.25, -0.2) is 17.7 Å². The lowest BCUT2D eigenvalue weighted by Crippen LogP contribution is -2.46. The number of rotatable bonds is 3. The van der Waals surface area contributed by atoms with E-state index in [2.05, 4.69) is 31.0 Å². The second kappa shape index (κ2) is 7.72. The Morgan fingerprint density at radius 3 is 2.45 bits per heavy atom. The van der Waals surface area contributed by atoms with Crippen LogP contribution in [0.5, 0.6) is 0 Å². The van der Waals surface area contributed by atoms with Crippen molar-refractivity contribution in [1.82, 2.24) is 19.2 Å². The molecule has 29 heavy (non-hydrogen) atoms. The van der Waals surface area contributed by atoms with E-state index in [4.69, 9.17) is 4.98 Å². The number of hydrogen-bond acceptors (Lipinski definition) is 4. The highest BCUT2D eigenvalue weighted by atomic mass is 32.2. The Morgan fingerprint density at radius 1 is 1.07 bits per heavy atom. The first-order valence-corrected chi connectivity index (χ1v) is 12.3. The highest BCUT2D eigenvalue weighted by molar-refractivity contribution is 7.88. The van der Waals surface area contributed by atoms with Gasteiger partial charge in [-0.3, -0.25) is 4.79 Å². The topological polar surface area (TPSA) is 86.4 Å². The number of benzene rings is 1. The minimum Gasteiger partial charge on any atom is -0.340 e. The van der Waals surface area contributed by atoms with Gasteiger partial charge in [-0.1, -0.05) is 0 Å². The maximum Gasteiger partial charge on any atom is 0.226 e. The molecule has 0 bridgehead atoms. The smallest absolute Gasteiger partial charge is 0.226 e. The number of fused-ring (bicyclic) bond motifs is 1. The fourth-order valence-corrected chi connectivity index (χ4v) is 5.47. The fraction of sp³-hybridized carbons (Fsp3) is 0.619. The molecular weight excluding hydrogens is 388 g/mol. The summed E-state index contributed by atoms with van der Waals surface area (Å²) in [5, 5.41) is 0. The molecule has 0 saturated carbocycles. The molecule has 1 N–H and O–H groups in total. The molecule has 1 amide bonds. The van der Waals surface area contributed by atoms with Crippen LogP contribution in [-0.4, -0.2) is 59.4 Å². The van der Waals surface area contributed by atoms with Crippen LogP contribution in [0, 0.1) is 19.8 Å². The summed E-state index contributed by atoms with van der Waals surface area (Å²) in [5.41, 5.74) is 4.40. The van der Waals surface area contributed by atoms with Crippen molar-refractivity contribution in [3.63, 3.8) is 0 Å². The van der Waals surface area contributed by atoms with Crippen LogP contribution in [-0.2, 0) is 14.8 Å². The quantitative estimate of drug-likeness (QED) is 0.830. The number of amides is 1. The molecule has 0 unspecified atom stereocenters. The first kappa shape index (κ1) is 20.3. The molecule has 2 saturated heterocycles. The van der Waals surface area contributed by atoms with Crippen molar-refractivity contribution in [2.45, 2.75) is 52.0 Å². The predicted octanol–water partition coefficient (Wildman–Crippen LogP) is 2.90. The molecule has 8 heteroatoms. The standard InChI is InChI=1S/C21H30N4O3S/c1-14-12-17-18(13-15(14)2)23-20(22-17)19-6-4-5-9-25(19)21(26)16-7-10-24(11-8-16)29(3,27)28/h12-13,16,19H,4-11H2,1-3H3,(H,22,23)/t19-/m0/s1. The van der Waals surface area contributed by atoms with Gasteiger partial charge in [0.2, 0.25) is 15.9 Å². The molecule has 1 aromatic carbocycles. The Bertz CT molecular complexity index is 983. The molecule has 4 rings (SSSR count). The number of imidazole rings is 1. The van der Waals surface area contributed by atoms with Crippen LogP contribution in [0.3, 0.4) is 0 Å². The van der Waals surface area contributed by atoms with Crippen molar-refractivity contribution in [2.75, 3.05) is 25.9 Å². The van der Waals surface area contributed by atoms with E-state index in [1.165, 1.54) is 21.7 Å². The summed E-state index contributed by atoms with van der Waals surface area (Å²) < 4.78 is 25.0. The lowest BCUT2D eigenvalue weighted by atomic mass is 9.93. The Morgan fingerprint density at radius 2 is 1.76 bits per heavy atom. The number of hydrogen-bond donors (Lipinski definition) is 1. The van der Waals surface area contributed by atoms with E-state index in [9.17, 15) is 13.2 Å². The zero-order valence-electron chi connectivity index (χ0n) is 17.4. The molecule has 0 aliphatic carbocycles. The third-order valence-corrected chi connectivity index (χ3v) is 7.79. The number of aryl methyl sites for hydroxylation is 2. The Hall–Kier alpha value is -1.93. The largest absolute Gasteiger partial charge is 0.340 e. The number of sulfonamides is 1. The van der Waals surface area contributed by atoms with Gasteiger partial charge in [0.1, 0.15) is 5.82 Å². The summed E-state index contributed by atoms with van der Waals surface area (Å²) in [5.74, 6) is 0.907. The molecule has 2 aliphatic rings. The van der Waals surface area contributed by atoms with E-state index in [1.54, 1.807) is 0 Å². The summed E-state index contributed by atoms with van der Waals surface area (Å²) >= 11 is 0. The first-order chi connectivity index (χ1) is 13.7. The molecule has 1 aromatic heterocycles. The van der Waals surface area contributed by atoms with E-state index >= 15 is 0 Å². The summed E-state index contributed by atoms with van der Waals surface area (Å²) in [6.45, 7) is 5.77. The number of aromatic amines is 1. The van der Waals surface area contributed by atoms with Gasteiger partial charge in [0.25, 0.3) is 0 Å².